The highest BCUT2D eigenvalue weighted by atomic mass is 19.1. The summed E-state index contributed by atoms with van der Waals surface area (Å²) in [7, 11) is 0. The Morgan fingerprint density at radius 3 is 2.26 bits per heavy atom. The summed E-state index contributed by atoms with van der Waals surface area (Å²) in [5, 5.41) is 2.92. The van der Waals surface area contributed by atoms with Gasteiger partial charge in [-0.05, 0) is 62.0 Å². The van der Waals surface area contributed by atoms with Crippen molar-refractivity contribution in [3.8, 4) is 0 Å². The molecule has 0 spiro atoms. The monoisotopic (exact) mass is 470 g/mol. The molecular weight excluding hydrogens is 431 g/mol. The molecule has 6 heteroatoms. The van der Waals surface area contributed by atoms with Gasteiger partial charge in [-0.25, -0.2) is 4.39 Å². The van der Waals surface area contributed by atoms with E-state index in [-0.39, 0.29) is 40.4 Å². The lowest BCUT2D eigenvalue weighted by Gasteiger charge is -2.34. The van der Waals surface area contributed by atoms with E-state index in [9.17, 15) is 14.4 Å². The predicted molar refractivity (Wildman–Crippen MR) is 130 cm³/mol. The number of likely N-dealkylation sites (tertiary alicyclic amines) is 1. The van der Waals surface area contributed by atoms with Crippen LogP contribution in [-0.4, -0.2) is 41.6 Å². The molecule has 1 saturated heterocycles. The average Bonchev–Trinajstić information content (AvgIpc) is 3.60. The van der Waals surface area contributed by atoms with Gasteiger partial charge in [0, 0.05) is 24.4 Å². The maximum Gasteiger partial charge on any atom is 0.254 e. The van der Waals surface area contributed by atoms with Gasteiger partial charge in [0.1, 0.15) is 5.82 Å². The van der Waals surface area contributed by atoms with Gasteiger partial charge in [-0.2, -0.15) is 0 Å². The van der Waals surface area contributed by atoms with E-state index < -0.39 is 17.8 Å². The number of nitrogens with one attached hydrogen (secondary N) is 1. The van der Waals surface area contributed by atoms with Crippen LogP contribution in [0.5, 0.6) is 0 Å². The van der Waals surface area contributed by atoms with Crippen molar-refractivity contribution in [2.24, 2.45) is 17.3 Å². The molecule has 1 N–H and O–H groups in total. The summed E-state index contributed by atoms with van der Waals surface area (Å²) in [6.45, 7) is 6.98. The summed E-state index contributed by atoms with van der Waals surface area (Å²) in [6, 6.07) is 4.44. The number of hydrogen-bond donors (Lipinski definition) is 1. The highest BCUT2D eigenvalue weighted by Crippen LogP contribution is 2.47. The van der Waals surface area contributed by atoms with Crippen LogP contribution in [0.3, 0.4) is 0 Å². The first kappa shape index (κ1) is 24.9. The Morgan fingerprint density at radius 1 is 1.03 bits per heavy atom. The zero-order valence-electron chi connectivity index (χ0n) is 20.9. The van der Waals surface area contributed by atoms with E-state index in [2.05, 4.69) is 5.32 Å². The van der Waals surface area contributed by atoms with E-state index in [1.54, 1.807) is 12.1 Å². The fraction of sp³-hybridized carbons (Fsp3) is 0.679. The largest absolute Gasteiger partial charge is 0.342 e. The van der Waals surface area contributed by atoms with Gasteiger partial charge in [-0.3, -0.25) is 14.4 Å². The highest BCUT2D eigenvalue weighted by Gasteiger charge is 2.47. The van der Waals surface area contributed by atoms with Gasteiger partial charge in [-0.1, -0.05) is 52.2 Å². The SMILES string of the molecule is CC(C)C(=O)[C@H](NC(=O)c1cccc(C2CCN(C(=O)C3(C)CC3)CC2)c1F)C1CCCCC1. The van der Waals surface area contributed by atoms with Crippen molar-refractivity contribution in [2.75, 3.05) is 13.1 Å². The van der Waals surface area contributed by atoms with E-state index >= 15 is 4.39 Å². The topological polar surface area (TPSA) is 66.5 Å². The molecule has 1 aromatic carbocycles. The van der Waals surface area contributed by atoms with E-state index in [0.717, 1.165) is 44.9 Å². The molecule has 0 radical (unpaired) electrons. The van der Waals surface area contributed by atoms with Crippen LogP contribution < -0.4 is 5.32 Å². The van der Waals surface area contributed by atoms with Crippen molar-refractivity contribution >= 4 is 17.6 Å². The Hall–Kier alpha value is -2.24. The third-order valence-electron chi connectivity index (χ3n) is 8.29. The number of benzene rings is 1. The maximum absolute atomic E-state index is 15.6. The highest BCUT2D eigenvalue weighted by molar-refractivity contribution is 5.98. The van der Waals surface area contributed by atoms with Crippen LogP contribution >= 0.6 is 0 Å². The smallest absolute Gasteiger partial charge is 0.254 e. The Kier molecular flexibility index (Phi) is 7.44. The lowest BCUT2D eigenvalue weighted by molar-refractivity contribution is -0.137. The molecule has 1 aromatic rings. The quantitative estimate of drug-likeness (QED) is 0.593. The predicted octanol–water partition coefficient (Wildman–Crippen LogP) is 5.24. The second kappa shape index (κ2) is 10.2. The average molecular weight is 471 g/mol. The van der Waals surface area contributed by atoms with Crippen molar-refractivity contribution in [3.05, 3.63) is 35.1 Å². The molecule has 3 aliphatic rings. The molecule has 1 heterocycles. The van der Waals surface area contributed by atoms with Gasteiger partial charge in [0.05, 0.1) is 11.6 Å². The fourth-order valence-corrected chi connectivity index (χ4v) is 5.68. The Labute approximate surface area is 202 Å². The number of ketones is 1. The minimum absolute atomic E-state index is 0.0128. The number of rotatable bonds is 7. The number of carbonyl (C=O) groups is 3. The van der Waals surface area contributed by atoms with E-state index in [4.69, 9.17) is 0 Å². The van der Waals surface area contributed by atoms with Crippen LogP contribution in [0.25, 0.3) is 0 Å². The zero-order valence-corrected chi connectivity index (χ0v) is 20.9. The first-order chi connectivity index (χ1) is 16.2. The van der Waals surface area contributed by atoms with Gasteiger partial charge in [-0.15, -0.1) is 0 Å². The maximum atomic E-state index is 15.6. The normalized spacial score (nSPS) is 21.9. The lowest BCUT2D eigenvalue weighted by atomic mass is 9.80. The molecule has 0 unspecified atom stereocenters. The van der Waals surface area contributed by atoms with E-state index in [1.807, 2.05) is 25.7 Å². The minimum Gasteiger partial charge on any atom is -0.342 e. The molecule has 3 fully saturated rings. The molecule has 4 rings (SSSR count). The van der Waals surface area contributed by atoms with Gasteiger partial charge >= 0.3 is 0 Å². The second-order valence-corrected chi connectivity index (χ2v) is 11.2. The Bertz CT molecular complexity index is 926. The molecule has 186 valence electrons. The summed E-state index contributed by atoms with van der Waals surface area (Å²) in [5.74, 6) is -0.823. The van der Waals surface area contributed by atoms with Crippen molar-refractivity contribution in [2.45, 2.75) is 90.5 Å². The summed E-state index contributed by atoms with van der Waals surface area (Å²) >= 11 is 0. The van der Waals surface area contributed by atoms with Crippen LogP contribution in [0.2, 0.25) is 0 Å². The van der Waals surface area contributed by atoms with Crippen LogP contribution in [0, 0.1) is 23.1 Å². The second-order valence-electron chi connectivity index (χ2n) is 11.2. The van der Waals surface area contributed by atoms with Crippen molar-refractivity contribution in [1.82, 2.24) is 10.2 Å². The van der Waals surface area contributed by atoms with Crippen molar-refractivity contribution < 1.29 is 18.8 Å². The molecule has 5 nitrogen and oxygen atoms in total. The van der Waals surface area contributed by atoms with Gasteiger partial charge in [0.25, 0.3) is 5.91 Å². The first-order valence-corrected chi connectivity index (χ1v) is 13.1. The first-order valence-electron chi connectivity index (χ1n) is 13.1. The number of hydrogen-bond acceptors (Lipinski definition) is 3. The lowest BCUT2D eigenvalue weighted by Crippen LogP contribution is -2.48. The standard InChI is InChI=1S/C28H39FN2O3/c1-18(2)25(32)24(20-8-5-4-6-9-20)30-26(33)22-11-7-10-21(23(22)29)19-12-16-31(17-13-19)27(34)28(3)14-15-28/h7,10-11,18-20,24H,4-6,8-9,12-17H2,1-3H3,(H,30,33)/t24-/m1/s1. The molecule has 2 amide bonds. The Morgan fingerprint density at radius 2 is 1.68 bits per heavy atom. The van der Waals surface area contributed by atoms with E-state index in [1.165, 1.54) is 6.07 Å². The molecular formula is C28H39FN2O3. The number of amides is 2. The molecule has 34 heavy (non-hydrogen) atoms. The molecule has 2 saturated carbocycles. The van der Waals surface area contributed by atoms with Crippen LogP contribution in [0.4, 0.5) is 4.39 Å². The van der Waals surface area contributed by atoms with Gasteiger partial charge < -0.3 is 10.2 Å². The van der Waals surface area contributed by atoms with Gasteiger partial charge in [0.2, 0.25) is 5.91 Å². The number of piperidine rings is 1. The number of nitrogens with zero attached hydrogens (tertiary/aromatic N) is 1. The third kappa shape index (κ3) is 5.21. The number of Topliss-reactive ketones (excluding diaryl/α,β-unsaturated/α-hetero) is 1. The minimum atomic E-state index is -0.561. The number of carbonyl (C=O) groups excluding carboxylic acids is 3. The fourth-order valence-electron chi connectivity index (χ4n) is 5.68. The summed E-state index contributed by atoms with van der Waals surface area (Å²) in [6.07, 6.45) is 8.43. The van der Waals surface area contributed by atoms with Crippen LogP contribution in [0.1, 0.15) is 100 Å². The summed E-state index contributed by atoms with van der Waals surface area (Å²) in [5.41, 5.74) is 0.374. The van der Waals surface area contributed by atoms with Crippen molar-refractivity contribution in [3.63, 3.8) is 0 Å². The molecule has 2 aliphatic carbocycles. The molecule has 1 atom stereocenters. The molecule has 1 aliphatic heterocycles. The summed E-state index contributed by atoms with van der Waals surface area (Å²) < 4.78 is 15.6. The third-order valence-corrected chi connectivity index (χ3v) is 8.29. The molecule has 0 aromatic heterocycles. The van der Waals surface area contributed by atoms with Crippen LogP contribution in [0.15, 0.2) is 18.2 Å². The van der Waals surface area contributed by atoms with Crippen LogP contribution in [-0.2, 0) is 9.59 Å². The molecule has 0 bridgehead atoms. The number of halogens is 1. The zero-order chi connectivity index (χ0) is 24.5. The van der Waals surface area contributed by atoms with E-state index in [0.29, 0.717) is 31.5 Å². The Balaban J connectivity index is 1.45. The van der Waals surface area contributed by atoms with Crippen molar-refractivity contribution in [1.29, 1.82) is 0 Å². The summed E-state index contributed by atoms with van der Waals surface area (Å²) in [4.78, 5) is 40.7. The van der Waals surface area contributed by atoms with Gasteiger partial charge in [0.15, 0.2) is 5.78 Å².